The van der Waals surface area contributed by atoms with E-state index >= 15 is 0 Å². The molecule has 1 heterocycles. The van der Waals surface area contributed by atoms with Crippen molar-refractivity contribution in [1.82, 2.24) is 0 Å². The van der Waals surface area contributed by atoms with Gasteiger partial charge in [0.15, 0.2) is 0 Å². The van der Waals surface area contributed by atoms with Gasteiger partial charge in [-0.1, -0.05) is 20.3 Å². The van der Waals surface area contributed by atoms with Gasteiger partial charge in [0.1, 0.15) is 0 Å². The molecule has 1 atom stereocenters. The van der Waals surface area contributed by atoms with Crippen LogP contribution in [0.25, 0.3) is 0 Å². The van der Waals surface area contributed by atoms with Crippen LogP contribution in [0.5, 0.6) is 0 Å². The van der Waals surface area contributed by atoms with E-state index in [4.69, 9.17) is 10.5 Å². The molecule has 0 radical (unpaired) electrons. The van der Waals surface area contributed by atoms with Gasteiger partial charge < -0.3 is 10.5 Å². The maximum absolute atomic E-state index is 6.63. The Morgan fingerprint density at radius 3 is 2.40 bits per heavy atom. The van der Waals surface area contributed by atoms with E-state index in [1.54, 1.807) is 0 Å². The number of hydrogen-bond acceptors (Lipinski definition) is 2. The van der Waals surface area contributed by atoms with Crippen LogP contribution >= 0.6 is 0 Å². The van der Waals surface area contributed by atoms with Crippen molar-refractivity contribution >= 4 is 0 Å². The second-order valence-electron chi connectivity index (χ2n) is 6.15. The van der Waals surface area contributed by atoms with Gasteiger partial charge in [0.05, 0.1) is 0 Å². The van der Waals surface area contributed by atoms with Crippen molar-refractivity contribution in [1.29, 1.82) is 0 Å². The quantitative estimate of drug-likeness (QED) is 0.762. The van der Waals surface area contributed by atoms with Crippen LogP contribution < -0.4 is 5.73 Å². The first kappa shape index (κ1) is 11.4. The van der Waals surface area contributed by atoms with Gasteiger partial charge in [-0.3, -0.25) is 0 Å². The second-order valence-corrected chi connectivity index (χ2v) is 6.15. The van der Waals surface area contributed by atoms with E-state index in [0.29, 0.717) is 5.41 Å². The second kappa shape index (κ2) is 4.06. The lowest BCUT2D eigenvalue weighted by Gasteiger charge is -2.41. The molecule has 0 aromatic carbocycles. The molecule has 1 saturated heterocycles. The van der Waals surface area contributed by atoms with Crippen LogP contribution in [0.4, 0.5) is 0 Å². The largest absolute Gasteiger partial charge is 0.381 e. The molecule has 2 rings (SSSR count). The summed E-state index contributed by atoms with van der Waals surface area (Å²) in [5.74, 6) is 0.807. The molecular formula is C13H25NO. The van der Waals surface area contributed by atoms with E-state index in [1.165, 1.54) is 38.5 Å². The molecule has 2 heteroatoms. The Bertz CT molecular complexity index is 221. The average molecular weight is 211 g/mol. The standard InChI is InChI=1S/C13H25NO/c1-12(2)6-3-7-13(12,14)10-11-4-8-15-9-5-11/h11H,3-10,14H2,1-2H3. The molecule has 2 nitrogen and oxygen atoms in total. The summed E-state index contributed by atoms with van der Waals surface area (Å²) in [6.07, 6.45) is 7.48. The Morgan fingerprint density at radius 2 is 1.87 bits per heavy atom. The smallest absolute Gasteiger partial charge is 0.0468 e. The van der Waals surface area contributed by atoms with Gasteiger partial charge in [0.25, 0.3) is 0 Å². The SMILES string of the molecule is CC1(C)CCCC1(N)CC1CCOCC1. The highest BCUT2D eigenvalue weighted by atomic mass is 16.5. The van der Waals surface area contributed by atoms with Gasteiger partial charge in [0, 0.05) is 18.8 Å². The third-order valence-corrected chi connectivity index (χ3v) is 4.77. The molecule has 1 aliphatic heterocycles. The van der Waals surface area contributed by atoms with Crippen molar-refractivity contribution in [2.75, 3.05) is 13.2 Å². The number of ether oxygens (including phenoxy) is 1. The summed E-state index contributed by atoms with van der Waals surface area (Å²) in [6, 6.07) is 0. The molecule has 2 aliphatic rings. The molecule has 1 unspecified atom stereocenters. The molecule has 2 N–H and O–H groups in total. The zero-order valence-corrected chi connectivity index (χ0v) is 10.2. The molecule has 1 aliphatic carbocycles. The van der Waals surface area contributed by atoms with E-state index in [0.717, 1.165) is 19.1 Å². The lowest BCUT2D eigenvalue weighted by atomic mass is 9.70. The number of hydrogen-bond donors (Lipinski definition) is 1. The van der Waals surface area contributed by atoms with E-state index in [-0.39, 0.29) is 5.54 Å². The minimum atomic E-state index is 0.0923. The maximum Gasteiger partial charge on any atom is 0.0468 e. The van der Waals surface area contributed by atoms with E-state index < -0.39 is 0 Å². The van der Waals surface area contributed by atoms with Crippen molar-refractivity contribution in [2.24, 2.45) is 17.1 Å². The molecule has 0 aromatic heterocycles. The molecule has 15 heavy (non-hydrogen) atoms. The summed E-state index contributed by atoms with van der Waals surface area (Å²) in [5.41, 5.74) is 7.06. The monoisotopic (exact) mass is 211 g/mol. The highest BCUT2D eigenvalue weighted by Gasteiger charge is 2.46. The van der Waals surface area contributed by atoms with Crippen LogP contribution in [0.3, 0.4) is 0 Å². The zero-order chi connectivity index (χ0) is 10.9. The molecular weight excluding hydrogens is 186 g/mol. The molecule has 0 amide bonds. The minimum absolute atomic E-state index is 0.0923. The van der Waals surface area contributed by atoms with Crippen LogP contribution in [-0.2, 0) is 4.74 Å². The molecule has 1 saturated carbocycles. The normalized spacial score (nSPS) is 37.0. The third-order valence-electron chi connectivity index (χ3n) is 4.77. The minimum Gasteiger partial charge on any atom is -0.381 e. The first-order valence-electron chi connectivity index (χ1n) is 6.40. The van der Waals surface area contributed by atoms with Crippen LogP contribution in [0.1, 0.15) is 52.4 Å². The Balaban J connectivity index is 1.97. The highest BCUT2D eigenvalue weighted by molar-refractivity contribution is 5.03. The zero-order valence-electron chi connectivity index (χ0n) is 10.2. The molecule has 2 fully saturated rings. The topological polar surface area (TPSA) is 35.2 Å². The Labute approximate surface area is 93.6 Å². The number of nitrogens with two attached hydrogens (primary N) is 1. The summed E-state index contributed by atoms with van der Waals surface area (Å²) in [4.78, 5) is 0. The Hall–Kier alpha value is -0.0800. The first-order chi connectivity index (χ1) is 7.04. The highest BCUT2D eigenvalue weighted by Crippen LogP contribution is 2.48. The predicted octanol–water partition coefficient (Wildman–Crippen LogP) is 2.71. The summed E-state index contributed by atoms with van der Waals surface area (Å²) < 4.78 is 5.41. The van der Waals surface area contributed by atoms with Gasteiger partial charge >= 0.3 is 0 Å². The van der Waals surface area contributed by atoms with Gasteiger partial charge in [-0.05, 0) is 43.4 Å². The Kier molecular flexibility index (Phi) is 3.09. The van der Waals surface area contributed by atoms with Crippen LogP contribution in [0.15, 0.2) is 0 Å². The van der Waals surface area contributed by atoms with Gasteiger partial charge in [-0.15, -0.1) is 0 Å². The first-order valence-corrected chi connectivity index (χ1v) is 6.40. The average Bonchev–Trinajstić information content (AvgIpc) is 2.43. The summed E-state index contributed by atoms with van der Waals surface area (Å²) >= 11 is 0. The van der Waals surface area contributed by atoms with Gasteiger partial charge in [-0.25, -0.2) is 0 Å². The lowest BCUT2D eigenvalue weighted by molar-refractivity contribution is 0.0458. The fourth-order valence-corrected chi connectivity index (χ4v) is 3.28. The fourth-order valence-electron chi connectivity index (χ4n) is 3.28. The van der Waals surface area contributed by atoms with E-state index in [9.17, 15) is 0 Å². The third kappa shape index (κ3) is 2.21. The summed E-state index contributed by atoms with van der Waals surface area (Å²) in [6.45, 7) is 6.58. The van der Waals surface area contributed by atoms with Gasteiger partial charge in [-0.2, -0.15) is 0 Å². The maximum atomic E-state index is 6.63. The molecule has 0 bridgehead atoms. The van der Waals surface area contributed by atoms with Crippen LogP contribution in [-0.4, -0.2) is 18.8 Å². The summed E-state index contributed by atoms with van der Waals surface area (Å²) in [5, 5.41) is 0. The van der Waals surface area contributed by atoms with E-state index in [1.807, 2.05) is 0 Å². The lowest BCUT2D eigenvalue weighted by Crippen LogP contribution is -2.50. The van der Waals surface area contributed by atoms with Crippen LogP contribution in [0, 0.1) is 11.3 Å². The van der Waals surface area contributed by atoms with Crippen molar-refractivity contribution in [3.63, 3.8) is 0 Å². The molecule has 88 valence electrons. The summed E-state index contributed by atoms with van der Waals surface area (Å²) in [7, 11) is 0. The van der Waals surface area contributed by atoms with Gasteiger partial charge in [0.2, 0.25) is 0 Å². The van der Waals surface area contributed by atoms with Crippen molar-refractivity contribution in [3.05, 3.63) is 0 Å². The molecule has 0 spiro atoms. The van der Waals surface area contributed by atoms with Crippen molar-refractivity contribution in [2.45, 2.75) is 57.9 Å². The predicted molar refractivity (Wildman–Crippen MR) is 62.7 cm³/mol. The van der Waals surface area contributed by atoms with Crippen molar-refractivity contribution < 1.29 is 4.74 Å². The van der Waals surface area contributed by atoms with E-state index in [2.05, 4.69) is 13.8 Å². The molecule has 0 aromatic rings. The Morgan fingerprint density at radius 1 is 1.20 bits per heavy atom. The van der Waals surface area contributed by atoms with Crippen molar-refractivity contribution in [3.8, 4) is 0 Å². The fraction of sp³-hybridized carbons (Fsp3) is 1.00. The van der Waals surface area contributed by atoms with Crippen LogP contribution in [0.2, 0.25) is 0 Å². The number of rotatable bonds is 2.